The molecule has 0 amide bonds. The van der Waals surface area contributed by atoms with Crippen molar-refractivity contribution in [1.29, 1.82) is 0 Å². The summed E-state index contributed by atoms with van der Waals surface area (Å²) in [6, 6.07) is 6.96. The Balaban J connectivity index is 3.33. The molecular weight excluding hydrogens is 297 g/mol. The molecule has 21 heavy (non-hydrogen) atoms. The zero-order chi connectivity index (χ0) is 16.5. The van der Waals surface area contributed by atoms with E-state index in [2.05, 4.69) is 0 Å². The third kappa shape index (κ3) is 4.87. The summed E-state index contributed by atoms with van der Waals surface area (Å²) in [5.74, 6) is 0. The molecule has 0 aliphatic carbocycles. The van der Waals surface area contributed by atoms with Crippen molar-refractivity contribution in [3.05, 3.63) is 35.9 Å². The largest absolute Gasteiger partial charge is 0.405 e. The Morgan fingerprint density at radius 2 is 1.24 bits per heavy atom. The van der Waals surface area contributed by atoms with E-state index in [0.717, 1.165) is 0 Å². The van der Waals surface area contributed by atoms with Crippen molar-refractivity contribution in [3.8, 4) is 0 Å². The second-order valence-corrected chi connectivity index (χ2v) is 8.73. The molecule has 1 rings (SSSR count). The monoisotopic (exact) mass is 320 g/mol. The molecule has 3 nitrogen and oxygen atoms in total. The summed E-state index contributed by atoms with van der Waals surface area (Å²) >= 11 is 0. The minimum absolute atomic E-state index is 0.387. The van der Waals surface area contributed by atoms with Gasteiger partial charge in [-0.3, -0.25) is 13.6 Å². The number of hydrogen-bond acceptors (Lipinski definition) is 3. The fraction of sp³-hybridized carbons (Fsp3) is 0.600. The second-order valence-electron chi connectivity index (χ2n) is 6.81. The van der Waals surface area contributed by atoms with Crippen LogP contribution >= 0.6 is 7.60 Å². The van der Waals surface area contributed by atoms with Crippen molar-refractivity contribution in [3.63, 3.8) is 0 Å². The summed E-state index contributed by atoms with van der Waals surface area (Å²) in [6.45, 7) is 9.37. The first kappa shape index (κ1) is 18.3. The molecule has 0 bridgehead atoms. The first-order valence-corrected chi connectivity index (χ1v) is 8.26. The average molecular weight is 320 g/mol. The van der Waals surface area contributed by atoms with Crippen molar-refractivity contribution < 1.29 is 22.4 Å². The van der Waals surface area contributed by atoms with Gasteiger partial charge in [-0.25, -0.2) is 0 Å². The van der Waals surface area contributed by atoms with Crippen LogP contribution in [0.15, 0.2) is 30.3 Å². The molecule has 1 aromatic carbocycles. The zero-order valence-electron chi connectivity index (χ0n) is 13.3. The van der Waals surface area contributed by atoms with Gasteiger partial charge in [0.2, 0.25) is 0 Å². The number of rotatable bonds is 4. The van der Waals surface area contributed by atoms with Gasteiger partial charge in [-0.15, -0.1) is 0 Å². The minimum Gasteiger partial charge on any atom is -0.298 e. The van der Waals surface area contributed by atoms with Crippen LogP contribution in [0, 0.1) is 0 Å². The van der Waals surface area contributed by atoms with Crippen molar-refractivity contribution in [2.75, 3.05) is 0 Å². The van der Waals surface area contributed by atoms with Crippen LogP contribution in [0.4, 0.5) is 8.78 Å². The van der Waals surface area contributed by atoms with E-state index in [-0.39, 0.29) is 5.56 Å². The lowest BCUT2D eigenvalue weighted by Gasteiger charge is -2.35. The normalized spacial score (nSPS) is 14.3. The smallest absolute Gasteiger partial charge is 0.298 e. The van der Waals surface area contributed by atoms with Gasteiger partial charge in [0, 0.05) is 5.56 Å². The minimum atomic E-state index is -4.72. The lowest BCUT2D eigenvalue weighted by Crippen LogP contribution is -2.30. The molecule has 0 aliphatic heterocycles. The first-order valence-electron chi connectivity index (χ1n) is 6.72. The molecule has 0 atom stereocenters. The van der Waals surface area contributed by atoms with E-state index >= 15 is 0 Å². The van der Waals surface area contributed by atoms with Gasteiger partial charge in [0.25, 0.3) is 0 Å². The SMILES string of the molecule is CC(C)(C)OP(=O)(OC(C)(C)C)C(F)(F)c1ccccc1. The van der Waals surface area contributed by atoms with Gasteiger partial charge in [0.05, 0.1) is 11.2 Å². The molecule has 6 heteroatoms. The standard InChI is InChI=1S/C15H23F2O3P/c1-13(2,3)19-21(18,20-14(4,5)6)15(16,17)12-10-8-7-9-11-12/h7-11H,1-6H3. The number of hydrogen-bond donors (Lipinski definition) is 0. The molecule has 0 heterocycles. The Labute approximate surface area is 125 Å². The highest BCUT2D eigenvalue weighted by molar-refractivity contribution is 7.54. The highest BCUT2D eigenvalue weighted by Gasteiger charge is 2.58. The van der Waals surface area contributed by atoms with Crippen LogP contribution in [0.2, 0.25) is 0 Å². The second kappa shape index (κ2) is 5.79. The summed E-state index contributed by atoms with van der Waals surface area (Å²) in [6.07, 6.45) is 0. The van der Waals surface area contributed by atoms with E-state index in [4.69, 9.17) is 9.05 Å². The highest BCUT2D eigenvalue weighted by Crippen LogP contribution is 2.69. The van der Waals surface area contributed by atoms with E-state index in [0.29, 0.717) is 0 Å². The van der Waals surface area contributed by atoms with Gasteiger partial charge in [0.15, 0.2) is 0 Å². The van der Waals surface area contributed by atoms with Crippen molar-refractivity contribution in [2.45, 2.75) is 58.4 Å². The summed E-state index contributed by atoms with van der Waals surface area (Å²) in [5.41, 5.74) is -6.17. The summed E-state index contributed by atoms with van der Waals surface area (Å²) in [5, 5.41) is 0. The van der Waals surface area contributed by atoms with Gasteiger partial charge >= 0.3 is 13.3 Å². The molecule has 0 aliphatic rings. The predicted molar refractivity (Wildman–Crippen MR) is 79.6 cm³/mol. The highest BCUT2D eigenvalue weighted by atomic mass is 31.2. The Bertz CT molecular complexity index is 496. The maximum atomic E-state index is 14.8. The van der Waals surface area contributed by atoms with E-state index < -0.39 is 24.5 Å². The molecular formula is C15H23F2O3P. The maximum Gasteiger partial charge on any atom is 0.405 e. The van der Waals surface area contributed by atoms with Crippen LogP contribution in [-0.2, 0) is 19.3 Å². The third-order valence-electron chi connectivity index (χ3n) is 2.25. The van der Waals surface area contributed by atoms with Crippen molar-refractivity contribution in [1.82, 2.24) is 0 Å². The molecule has 0 saturated carbocycles. The summed E-state index contributed by atoms with van der Waals surface area (Å²) < 4.78 is 52.8. The van der Waals surface area contributed by atoms with E-state index in [9.17, 15) is 13.3 Å². The quantitative estimate of drug-likeness (QED) is 0.681. The van der Waals surface area contributed by atoms with E-state index in [1.54, 1.807) is 47.6 Å². The Morgan fingerprint density at radius 1 is 0.857 bits per heavy atom. The fourth-order valence-electron chi connectivity index (χ4n) is 1.65. The van der Waals surface area contributed by atoms with Gasteiger partial charge in [-0.2, -0.15) is 8.78 Å². The van der Waals surface area contributed by atoms with Gasteiger partial charge in [-0.1, -0.05) is 30.3 Å². The van der Waals surface area contributed by atoms with Gasteiger partial charge < -0.3 is 0 Å². The van der Waals surface area contributed by atoms with Crippen LogP contribution in [-0.4, -0.2) is 11.2 Å². The molecule has 0 saturated heterocycles. The Kier molecular flexibility index (Phi) is 5.04. The lowest BCUT2D eigenvalue weighted by molar-refractivity contribution is -0.0213. The number of benzene rings is 1. The van der Waals surface area contributed by atoms with Gasteiger partial charge in [-0.05, 0) is 41.5 Å². The van der Waals surface area contributed by atoms with Gasteiger partial charge in [0.1, 0.15) is 0 Å². The van der Waals surface area contributed by atoms with E-state index in [1.165, 1.54) is 24.3 Å². The predicted octanol–water partition coefficient (Wildman–Crippen LogP) is 5.56. The van der Waals surface area contributed by atoms with Crippen LogP contribution < -0.4 is 0 Å². The third-order valence-corrected chi connectivity index (χ3v) is 4.78. The van der Waals surface area contributed by atoms with Crippen molar-refractivity contribution >= 4 is 7.60 Å². The lowest BCUT2D eigenvalue weighted by atomic mass is 10.2. The topological polar surface area (TPSA) is 35.5 Å². The van der Waals surface area contributed by atoms with E-state index in [1.807, 2.05) is 0 Å². The first-order chi connectivity index (χ1) is 9.27. The molecule has 0 aromatic heterocycles. The Morgan fingerprint density at radius 3 is 1.57 bits per heavy atom. The average Bonchev–Trinajstić information content (AvgIpc) is 2.24. The molecule has 0 unspecified atom stereocenters. The maximum absolute atomic E-state index is 14.8. The van der Waals surface area contributed by atoms with Crippen LogP contribution in [0.25, 0.3) is 0 Å². The summed E-state index contributed by atoms with van der Waals surface area (Å²) in [4.78, 5) is 0. The molecule has 0 spiro atoms. The molecule has 1 aromatic rings. The summed E-state index contributed by atoms with van der Waals surface area (Å²) in [7, 11) is -4.72. The van der Waals surface area contributed by atoms with Crippen LogP contribution in [0.1, 0.15) is 47.1 Å². The zero-order valence-corrected chi connectivity index (χ0v) is 14.2. The Hall–Kier alpha value is -0.770. The number of halogens is 2. The fourth-order valence-corrected chi connectivity index (χ4v) is 3.83. The van der Waals surface area contributed by atoms with Crippen LogP contribution in [0.5, 0.6) is 0 Å². The molecule has 0 fully saturated rings. The van der Waals surface area contributed by atoms with Crippen LogP contribution in [0.3, 0.4) is 0 Å². The molecule has 0 N–H and O–H groups in total. The molecule has 0 radical (unpaired) electrons. The molecule has 120 valence electrons. The number of alkyl halides is 2. The van der Waals surface area contributed by atoms with Crippen molar-refractivity contribution in [2.24, 2.45) is 0 Å².